The molecule has 0 unspecified atom stereocenters. The number of nitrogens with one attached hydrogen (secondary N) is 1. The molecule has 1 aliphatic carbocycles. The number of aromatic nitrogens is 1. The van der Waals surface area contributed by atoms with Gasteiger partial charge < -0.3 is 10.2 Å². The molecule has 0 spiro atoms. The molecule has 0 saturated heterocycles. The monoisotopic (exact) mass is 430 g/mol. The molecule has 7 heteroatoms. The number of rotatable bonds is 6. The highest BCUT2D eigenvalue weighted by atomic mass is 19.4. The highest BCUT2D eigenvalue weighted by molar-refractivity contribution is 5.98. The fourth-order valence-corrected chi connectivity index (χ4v) is 4.65. The summed E-state index contributed by atoms with van der Waals surface area (Å²) < 4.78 is 40.3. The summed E-state index contributed by atoms with van der Waals surface area (Å²) in [6.45, 7) is 4.72. The third kappa shape index (κ3) is 5.09. The van der Waals surface area contributed by atoms with Crippen LogP contribution in [-0.4, -0.2) is 34.9 Å². The first kappa shape index (κ1) is 21.8. The van der Waals surface area contributed by atoms with E-state index < -0.39 is 11.7 Å². The summed E-state index contributed by atoms with van der Waals surface area (Å²) >= 11 is 0. The van der Waals surface area contributed by atoms with Crippen LogP contribution < -0.4 is 5.32 Å². The Morgan fingerprint density at radius 3 is 2.68 bits per heavy atom. The van der Waals surface area contributed by atoms with Gasteiger partial charge in [0.2, 0.25) is 0 Å². The van der Waals surface area contributed by atoms with Crippen LogP contribution in [0.1, 0.15) is 56.6 Å². The van der Waals surface area contributed by atoms with E-state index in [-0.39, 0.29) is 5.69 Å². The Morgan fingerprint density at radius 2 is 1.94 bits per heavy atom. The van der Waals surface area contributed by atoms with Crippen LogP contribution in [0.4, 0.5) is 18.9 Å². The molecule has 0 atom stereocenters. The number of anilines is 1. The van der Waals surface area contributed by atoms with Gasteiger partial charge in [-0.15, -0.1) is 0 Å². The Labute approximate surface area is 181 Å². The van der Waals surface area contributed by atoms with Gasteiger partial charge in [-0.25, -0.2) is 0 Å². The van der Waals surface area contributed by atoms with Crippen LogP contribution in [-0.2, 0) is 12.7 Å². The molecule has 1 aliphatic heterocycles. The van der Waals surface area contributed by atoms with Gasteiger partial charge in [-0.3, -0.25) is 9.98 Å². The van der Waals surface area contributed by atoms with Gasteiger partial charge in [0.05, 0.1) is 17.8 Å². The van der Waals surface area contributed by atoms with E-state index in [1.165, 1.54) is 44.4 Å². The quantitative estimate of drug-likeness (QED) is 0.599. The van der Waals surface area contributed by atoms with Crippen molar-refractivity contribution in [2.45, 2.75) is 64.2 Å². The average Bonchev–Trinajstić information content (AvgIpc) is 2.79. The summed E-state index contributed by atoms with van der Waals surface area (Å²) in [6, 6.07) is 8.35. The molecule has 2 heterocycles. The molecule has 166 valence electrons. The molecule has 31 heavy (non-hydrogen) atoms. The molecule has 2 aromatic rings. The van der Waals surface area contributed by atoms with Crippen LogP contribution in [0.5, 0.6) is 0 Å². The minimum Gasteiger partial charge on any atom is -0.344 e. The van der Waals surface area contributed by atoms with E-state index in [0.29, 0.717) is 18.2 Å². The lowest BCUT2D eigenvalue weighted by molar-refractivity contribution is -0.137. The number of benzene rings is 1. The molecule has 1 aromatic carbocycles. The predicted molar refractivity (Wildman–Crippen MR) is 118 cm³/mol. The van der Waals surface area contributed by atoms with Crippen molar-refractivity contribution in [3.63, 3.8) is 0 Å². The smallest absolute Gasteiger partial charge is 0.344 e. The molecule has 4 nitrogen and oxygen atoms in total. The summed E-state index contributed by atoms with van der Waals surface area (Å²) in [5, 5.41) is 3.36. The average molecular weight is 431 g/mol. The fourth-order valence-electron chi connectivity index (χ4n) is 4.65. The molecule has 1 N–H and O–H groups in total. The first-order valence-corrected chi connectivity index (χ1v) is 11.2. The van der Waals surface area contributed by atoms with E-state index in [2.05, 4.69) is 27.1 Å². The normalized spacial score (nSPS) is 17.3. The molecule has 1 fully saturated rings. The molecule has 0 bridgehead atoms. The Hall–Kier alpha value is -2.41. The van der Waals surface area contributed by atoms with Crippen LogP contribution in [0.3, 0.4) is 0 Å². The van der Waals surface area contributed by atoms with Crippen LogP contribution in [0.25, 0.3) is 11.3 Å². The largest absolute Gasteiger partial charge is 0.418 e. The van der Waals surface area contributed by atoms with Crippen LogP contribution in [0.15, 0.2) is 41.5 Å². The maximum Gasteiger partial charge on any atom is 0.418 e. The Balaban J connectivity index is 1.47. The number of fused-ring (bicyclic) bond motifs is 1. The lowest BCUT2D eigenvalue weighted by atomic mass is 9.94. The summed E-state index contributed by atoms with van der Waals surface area (Å²) in [4.78, 5) is 11.2. The van der Waals surface area contributed by atoms with E-state index in [1.807, 2.05) is 6.07 Å². The van der Waals surface area contributed by atoms with Gasteiger partial charge >= 0.3 is 6.18 Å². The van der Waals surface area contributed by atoms with E-state index >= 15 is 0 Å². The van der Waals surface area contributed by atoms with Crippen LogP contribution >= 0.6 is 0 Å². The van der Waals surface area contributed by atoms with Gasteiger partial charge in [0, 0.05) is 36.5 Å². The zero-order valence-electron chi connectivity index (χ0n) is 17.9. The molecule has 1 saturated carbocycles. The maximum atomic E-state index is 13.4. The van der Waals surface area contributed by atoms with Gasteiger partial charge in [0.1, 0.15) is 5.84 Å². The number of nitrogens with zero attached hydrogens (tertiary/aromatic N) is 3. The second-order valence-electron chi connectivity index (χ2n) is 8.33. The highest BCUT2D eigenvalue weighted by Crippen LogP contribution is 2.37. The van der Waals surface area contributed by atoms with E-state index in [4.69, 9.17) is 0 Å². The van der Waals surface area contributed by atoms with Crippen LogP contribution in [0.2, 0.25) is 0 Å². The van der Waals surface area contributed by atoms with Gasteiger partial charge in [-0.05, 0) is 43.1 Å². The highest BCUT2D eigenvalue weighted by Gasteiger charge is 2.34. The van der Waals surface area contributed by atoms with Crippen molar-refractivity contribution < 1.29 is 13.2 Å². The van der Waals surface area contributed by atoms with Crippen molar-refractivity contribution in [1.82, 2.24) is 9.88 Å². The summed E-state index contributed by atoms with van der Waals surface area (Å²) in [5.41, 5.74) is 1.50. The third-order valence-electron chi connectivity index (χ3n) is 6.35. The summed E-state index contributed by atoms with van der Waals surface area (Å²) in [6.07, 6.45) is 4.27. The number of aliphatic imine (C=N–C) groups is 1. The summed E-state index contributed by atoms with van der Waals surface area (Å²) in [5.74, 6) is 0.899. The number of pyridine rings is 1. The van der Waals surface area contributed by atoms with Crippen molar-refractivity contribution in [2.24, 2.45) is 4.99 Å². The predicted octanol–water partition coefficient (Wildman–Crippen LogP) is 6.14. The van der Waals surface area contributed by atoms with Crippen molar-refractivity contribution in [1.29, 1.82) is 0 Å². The van der Waals surface area contributed by atoms with Gasteiger partial charge in [-0.2, -0.15) is 13.2 Å². The number of amidine groups is 1. The minimum absolute atomic E-state index is 0.0434. The SMILES string of the molecule is CCN(CCC1=NCc2ccc(-c3ncccc3C(F)(F)F)cc2N1)C1CCCCC1. The molecular weight excluding hydrogens is 401 g/mol. The standard InChI is InChI=1S/C24H29F3N4/c1-2-31(19-7-4-3-5-8-19)14-12-22-29-16-18-11-10-17(15-21(18)30-22)23-20(24(25,26)27)9-6-13-28-23/h6,9-11,13,15,19H,2-5,7-8,12,14,16H2,1H3,(H,29,30). The second-order valence-corrected chi connectivity index (χ2v) is 8.33. The lowest BCUT2D eigenvalue weighted by Crippen LogP contribution is -2.38. The third-order valence-corrected chi connectivity index (χ3v) is 6.35. The zero-order chi connectivity index (χ0) is 21.8. The number of hydrogen-bond donors (Lipinski definition) is 1. The lowest BCUT2D eigenvalue weighted by Gasteiger charge is -2.34. The van der Waals surface area contributed by atoms with E-state index in [1.54, 1.807) is 12.1 Å². The fraction of sp³-hybridized carbons (Fsp3) is 0.500. The topological polar surface area (TPSA) is 40.5 Å². The van der Waals surface area contributed by atoms with Gasteiger partial charge in [0.15, 0.2) is 0 Å². The van der Waals surface area contributed by atoms with Crippen molar-refractivity contribution in [3.05, 3.63) is 47.7 Å². The minimum atomic E-state index is -4.44. The van der Waals surface area contributed by atoms with Crippen LogP contribution in [0, 0.1) is 0 Å². The molecule has 4 rings (SSSR count). The zero-order valence-corrected chi connectivity index (χ0v) is 17.9. The number of alkyl halides is 3. The number of hydrogen-bond acceptors (Lipinski definition) is 4. The van der Waals surface area contributed by atoms with Crippen molar-refractivity contribution in [2.75, 3.05) is 18.4 Å². The number of halogens is 3. The Morgan fingerprint density at radius 1 is 1.13 bits per heavy atom. The summed E-state index contributed by atoms with van der Waals surface area (Å²) in [7, 11) is 0. The molecule has 2 aliphatic rings. The Kier molecular flexibility index (Phi) is 6.60. The molecular formula is C24H29F3N4. The molecule has 0 radical (unpaired) electrons. The molecule has 0 amide bonds. The van der Waals surface area contributed by atoms with Gasteiger partial charge in [-0.1, -0.05) is 38.3 Å². The Bertz CT molecular complexity index is 933. The van der Waals surface area contributed by atoms with Crippen molar-refractivity contribution >= 4 is 11.5 Å². The van der Waals surface area contributed by atoms with E-state index in [9.17, 15) is 13.2 Å². The maximum absolute atomic E-state index is 13.4. The second kappa shape index (κ2) is 9.39. The van der Waals surface area contributed by atoms with E-state index in [0.717, 1.165) is 42.7 Å². The van der Waals surface area contributed by atoms with Gasteiger partial charge in [0.25, 0.3) is 0 Å². The molecule has 1 aromatic heterocycles. The first-order valence-electron chi connectivity index (χ1n) is 11.2. The van der Waals surface area contributed by atoms with Crippen molar-refractivity contribution in [3.8, 4) is 11.3 Å². The first-order chi connectivity index (χ1) is 15.0.